The summed E-state index contributed by atoms with van der Waals surface area (Å²) >= 11 is 0. The molecule has 2 nitrogen and oxygen atoms in total. The summed E-state index contributed by atoms with van der Waals surface area (Å²) < 4.78 is 9.52. The van der Waals surface area contributed by atoms with E-state index in [0.717, 1.165) is 5.56 Å². The van der Waals surface area contributed by atoms with Crippen molar-refractivity contribution < 1.29 is 1.37 Å². The van der Waals surface area contributed by atoms with Gasteiger partial charge in [-0.15, -0.1) is 0 Å². The standard InChI is InChI=1S/C25H28N2/c1-18-10-6-9-15-22(18)26-19(2)23-16-17-24(20-11-4-3-5-12-20)27(23)25(26)21-13-7-8-14-21/h3-6,9-12,15-17,21,24-25H,7-8,13-14H2,1-2H3/i24D. The predicted octanol–water partition coefficient (Wildman–Crippen LogP) is 6.18. The lowest BCUT2D eigenvalue weighted by Gasteiger charge is -2.41. The van der Waals surface area contributed by atoms with Crippen molar-refractivity contribution in [3.05, 3.63) is 89.3 Å². The summed E-state index contributed by atoms with van der Waals surface area (Å²) in [6, 6.07) is 18.2. The molecule has 0 aromatic heterocycles. The van der Waals surface area contributed by atoms with Gasteiger partial charge in [0.15, 0.2) is 0 Å². The first-order valence-electron chi connectivity index (χ1n) is 10.7. The molecule has 1 aliphatic carbocycles. The third-order valence-corrected chi connectivity index (χ3v) is 6.45. The van der Waals surface area contributed by atoms with E-state index in [1.54, 1.807) is 0 Å². The maximum Gasteiger partial charge on any atom is 0.110 e. The highest BCUT2D eigenvalue weighted by Gasteiger charge is 2.46. The summed E-state index contributed by atoms with van der Waals surface area (Å²) in [6.45, 7) is 4.42. The number of hydrogen-bond donors (Lipinski definition) is 0. The number of hydrogen-bond acceptors (Lipinski definition) is 2. The minimum Gasteiger partial charge on any atom is -0.339 e. The van der Waals surface area contributed by atoms with Gasteiger partial charge in [0.05, 0.1) is 13.1 Å². The first kappa shape index (κ1) is 15.6. The van der Waals surface area contributed by atoms with E-state index in [-0.39, 0.29) is 6.17 Å². The smallest absolute Gasteiger partial charge is 0.110 e. The summed E-state index contributed by atoms with van der Waals surface area (Å²) in [5.41, 5.74) is 6.10. The molecule has 2 unspecified atom stereocenters. The average molecular weight is 358 g/mol. The van der Waals surface area contributed by atoms with Crippen molar-refractivity contribution in [2.75, 3.05) is 4.90 Å². The highest BCUT2D eigenvalue weighted by atomic mass is 15.4. The van der Waals surface area contributed by atoms with Crippen LogP contribution in [0.2, 0.25) is 0 Å². The van der Waals surface area contributed by atoms with Gasteiger partial charge in [-0.1, -0.05) is 67.4 Å². The Balaban J connectivity index is 1.66. The third-order valence-electron chi connectivity index (χ3n) is 6.45. The van der Waals surface area contributed by atoms with Crippen molar-refractivity contribution in [3.63, 3.8) is 0 Å². The SMILES string of the molecule is [2H]C1(c2ccccc2)C=CC2=C(C)N(c3ccccc3C)C(C3CCCC3)N21. The van der Waals surface area contributed by atoms with Gasteiger partial charge < -0.3 is 9.80 Å². The third kappa shape index (κ3) is 2.62. The van der Waals surface area contributed by atoms with Crippen LogP contribution in [0.1, 0.15) is 51.1 Å². The number of nitrogens with zero attached hydrogens (tertiary/aromatic N) is 2. The molecule has 0 saturated heterocycles. The molecular weight excluding hydrogens is 328 g/mol. The van der Waals surface area contributed by atoms with Crippen LogP contribution in [-0.2, 0) is 0 Å². The van der Waals surface area contributed by atoms with Crippen LogP contribution in [0.25, 0.3) is 0 Å². The maximum absolute atomic E-state index is 9.52. The second-order valence-electron chi connectivity index (χ2n) is 8.04. The van der Waals surface area contributed by atoms with Crippen molar-refractivity contribution in [2.45, 2.75) is 51.7 Å². The van der Waals surface area contributed by atoms with E-state index in [4.69, 9.17) is 0 Å². The average Bonchev–Trinajstić information content (AvgIpc) is 3.42. The van der Waals surface area contributed by atoms with E-state index < -0.39 is 6.02 Å². The summed E-state index contributed by atoms with van der Waals surface area (Å²) in [7, 11) is 0. The number of rotatable bonds is 3. The fourth-order valence-corrected chi connectivity index (χ4v) is 5.14. The van der Waals surface area contributed by atoms with Gasteiger partial charge in [0, 0.05) is 11.4 Å². The second-order valence-corrected chi connectivity index (χ2v) is 8.04. The van der Waals surface area contributed by atoms with Gasteiger partial charge in [-0.25, -0.2) is 0 Å². The number of benzene rings is 2. The van der Waals surface area contributed by atoms with Gasteiger partial charge in [0.25, 0.3) is 0 Å². The minimum atomic E-state index is -0.845. The van der Waals surface area contributed by atoms with Crippen LogP contribution < -0.4 is 4.90 Å². The molecule has 0 amide bonds. The summed E-state index contributed by atoms with van der Waals surface area (Å²) in [4.78, 5) is 4.91. The zero-order valence-electron chi connectivity index (χ0n) is 17.2. The lowest BCUT2D eigenvalue weighted by atomic mass is 9.98. The second kappa shape index (κ2) is 6.60. The first-order chi connectivity index (χ1) is 13.6. The van der Waals surface area contributed by atoms with E-state index >= 15 is 0 Å². The van der Waals surface area contributed by atoms with Gasteiger partial charge in [0.1, 0.15) is 6.17 Å². The zero-order chi connectivity index (χ0) is 19.3. The van der Waals surface area contributed by atoms with E-state index in [1.807, 2.05) is 18.2 Å². The molecule has 2 aromatic rings. The molecular formula is C25H28N2. The van der Waals surface area contributed by atoms with Gasteiger partial charge in [-0.2, -0.15) is 0 Å². The molecule has 0 spiro atoms. The van der Waals surface area contributed by atoms with Gasteiger partial charge in [0.2, 0.25) is 0 Å². The van der Waals surface area contributed by atoms with Crippen molar-refractivity contribution in [3.8, 4) is 0 Å². The van der Waals surface area contributed by atoms with Crippen LogP contribution in [0.3, 0.4) is 0 Å². The Morgan fingerprint density at radius 2 is 1.63 bits per heavy atom. The number of anilines is 1. The van der Waals surface area contributed by atoms with Crippen molar-refractivity contribution >= 4 is 5.69 Å². The highest BCUT2D eigenvalue weighted by Crippen LogP contribution is 2.49. The van der Waals surface area contributed by atoms with Crippen LogP contribution in [-0.4, -0.2) is 11.1 Å². The molecule has 0 N–H and O–H groups in total. The largest absolute Gasteiger partial charge is 0.339 e. The fourth-order valence-electron chi connectivity index (χ4n) is 5.14. The summed E-state index contributed by atoms with van der Waals surface area (Å²) in [6.07, 6.45) is 9.55. The first-order valence-corrected chi connectivity index (χ1v) is 10.2. The van der Waals surface area contributed by atoms with E-state index in [2.05, 4.69) is 72.2 Å². The molecule has 138 valence electrons. The number of allylic oxidation sites excluding steroid dienone is 2. The normalized spacial score (nSPS) is 28.2. The molecule has 0 bridgehead atoms. The molecule has 2 atom stereocenters. The van der Waals surface area contributed by atoms with E-state index in [9.17, 15) is 1.37 Å². The van der Waals surface area contributed by atoms with Gasteiger partial charge in [-0.05, 0) is 55.9 Å². The van der Waals surface area contributed by atoms with Gasteiger partial charge in [-0.3, -0.25) is 0 Å². The Morgan fingerprint density at radius 3 is 2.37 bits per heavy atom. The van der Waals surface area contributed by atoms with Crippen molar-refractivity contribution in [1.29, 1.82) is 0 Å². The fraction of sp³-hybridized carbons (Fsp3) is 0.360. The molecule has 5 rings (SSSR count). The summed E-state index contributed by atoms with van der Waals surface area (Å²) in [5, 5.41) is 0. The predicted molar refractivity (Wildman–Crippen MR) is 112 cm³/mol. The maximum atomic E-state index is 9.52. The number of aryl methyl sites for hydroxylation is 1. The number of para-hydroxylation sites is 1. The van der Waals surface area contributed by atoms with Crippen molar-refractivity contribution in [1.82, 2.24) is 4.90 Å². The monoisotopic (exact) mass is 357 g/mol. The van der Waals surface area contributed by atoms with Crippen LogP contribution in [0.15, 0.2) is 78.1 Å². The molecule has 27 heavy (non-hydrogen) atoms. The molecule has 1 fully saturated rings. The van der Waals surface area contributed by atoms with Crippen molar-refractivity contribution in [2.24, 2.45) is 5.92 Å². The van der Waals surface area contributed by atoms with E-state index in [0.29, 0.717) is 5.92 Å². The molecule has 2 aliphatic heterocycles. The zero-order valence-corrected chi connectivity index (χ0v) is 16.2. The summed E-state index contributed by atoms with van der Waals surface area (Å²) in [5.74, 6) is 0.584. The Labute approximate surface area is 164 Å². The Kier molecular flexibility index (Phi) is 3.80. The lowest BCUT2D eigenvalue weighted by molar-refractivity contribution is 0.190. The molecule has 2 aromatic carbocycles. The molecule has 2 heteroatoms. The Hall–Kier alpha value is -2.48. The molecule has 3 aliphatic rings. The lowest BCUT2D eigenvalue weighted by Crippen LogP contribution is -2.45. The quantitative estimate of drug-likeness (QED) is 0.647. The van der Waals surface area contributed by atoms with Gasteiger partial charge >= 0.3 is 0 Å². The van der Waals surface area contributed by atoms with Crippen LogP contribution >= 0.6 is 0 Å². The Morgan fingerprint density at radius 1 is 0.926 bits per heavy atom. The number of fused-ring (bicyclic) bond motifs is 1. The van der Waals surface area contributed by atoms with Crippen LogP contribution in [0.4, 0.5) is 5.69 Å². The molecule has 0 radical (unpaired) electrons. The molecule has 2 heterocycles. The topological polar surface area (TPSA) is 6.48 Å². The minimum absolute atomic E-state index is 0.200. The highest BCUT2D eigenvalue weighted by molar-refractivity contribution is 5.63. The van der Waals surface area contributed by atoms with E-state index in [1.165, 1.54) is 48.3 Å². The molecule has 1 saturated carbocycles. The van der Waals surface area contributed by atoms with Crippen LogP contribution in [0.5, 0.6) is 0 Å². The van der Waals surface area contributed by atoms with Crippen LogP contribution in [0, 0.1) is 12.8 Å². The Bertz CT molecular complexity index is 942.